The first kappa shape index (κ1) is 13.7. The molecule has 0 saturated carbocycles. The molecule has 0 radical (unpaired) electrons. The fourth-order valence-corrected chi connectivity index (χ4v) is 0.578. The van der Waals surface area contributed by atoms with Crippen molar-refractivity contribution in [3.05, 3.63) is 0 Å². The highest BCUT2D eigenvalue weighted by molar-refractivity contribution is 5.96. The molecule has 0 saturated heterocycles. The van der Waals surface area contributed by atoms with Gasteiger partial charge in [0.2, 0.25) is 5.91 Å². The lowest BCUT2D eigenvalue weighted by Gasteiger charge is -2.15. The van der Waals surface area contributed by atoms with Crippen LogP contribution in [0.4, 0.5) is 13.2 Å². The van der Waals surface area contributed by atoms with Crippen molar-refractivity contribution < 1.29 is 33.0 Å². The van der Waals surface area contributed by atoms with Crippen LogP contribution in [0, 0.1) is 5.92 Å². The SMILES string of the molecule is CC(C(=O)O)C(=O)NCC(O)C(F)(F)F. The number of amides is 1. The second kappa shape index (κ2) is 4.96. The van der Waals surface area contributed by atoms with E-state index in [-0.39, 0.29) is 0 Å². The van der Waals surface area contributed by atoms with Crippen molar-refractivity contribution in [1.29, 1.82) is 0 Å². The third kappa shape index (κ3) is 4.63. The average molecular weight is 229 g/mol. The molecule has 0 aliphatic heterocycles. The Morgan fingerprint density at radius 2 is 1.87 bits per heavy atom. The Morgan fingerprint density at radius 1 is 1.40 bits per heavy atom. The summed E-state index contributed by atoms with van der Waals surface area (Å²) in [4.78, 5) is 21.1. The van der Waals surface area contributed by atoms with E-state index >= 15 is 0 Å². The van der Waals surface area contributed by atoms with E-state index in [1.54, 1.807) is 5.32 Å². The predicted molar refractivity (Wildman–Crippen MR) is 41.9 cm³/mol. The first-order valence-corrected chi connectivity index (χ1v) is 3.91. The van der Waals surface area contributed by atoms with Crippen molar-refractivity contribution in [2.24, 2.45) is 5.92 Å². The number of hydrogen-bond acceptors (Lipinski definition) is 3. The molecule has 88 valence electrons. The first-order chi connectivity index (χ1) is 6.66. The Hall–Kier alpha value is -1.31. The zero-order valence-corrected chi connectivity index (χ0v) is 7.71. The largest absolute Gasteiger partial charge is 0.481 e. The summed E-state index contributed by atoms with van der Waals surface area (Å²) < 4.78 is 35.2. The fraction of sp³-hybridized carbons (Fsp3) is 0.714. The third-order valence-corrected chi connectivity index (χ3v) is 1.61. The predicted octanol–water partition coefficient (Wildman–Crippen LogP) is -0.253. The number of halogens is 3. The van der Waals surface area contributed by atoms with Gasteiger partial charge < -0.3 is 15.5 Å². The highest BCUT2D eigenvalue weighted by atomic mass is 19.4. The van der Waals surface area contributed by atoms with E-state index in [2.05, 4.69) is 0 Å². The van der Waals surface area contributed by atoms with Gasteiger partial charge in [-0.05, 0) is 6.92 Å². The molecule has 3 N–H and O–H groups in total. The molecule has 0 rings (SSSR count). The van der Waals surface area contributed by atoms with Crippen LogP contribution in [0.25, 0.3) is 0 Å². The van der Waals surface area contributed by atoms with Crippen LogP contribution in [0.2, 0.25) is 0 Å². The lowest BCUT2D eigenvalue weighted by molar-refractivity contribution is -0.201. The molecule has 5 nitrogen and oxygen atoms in total. The van der Waals surface area contributed by atoms with E-state index in [1.165, 1.54) is 0 Å². The number of aliphatic carboxylic acids is 1. The monoisotopic (exact) mass is 229 g/mol. The molecule has 15 heavy (non-hydrogen) atoms. The van der Waals surface area contributed by atoms with E-state index in [0.717, 1.165) is 6.92 Å². The third-order valence-electron chi connectivity index (χ3n) is 1.61. The van der Waals surface area contributed by atoms with Crippen LogP contribution in [0.15, 0.2) is 0 Å². The van der Waals surface area contributed by atoms with Crippen molar-refractivity contribution in [1.82, 2.24) is 5.32 Å². The van der Waals surface area contributed by atoms with Crippen molar-refractivity contribution in [3.8, 4) is 0 Å². The topological polar surface area (TPSA) is 86.6 Å². The summed E-state index contributed by atoms with van der Waals surface area (Å²) in [5, 5.41) is 18.5. The van der Waals surface area contributed by atoms with Gasteiger partial charge >= 0.3 is 12.1 Å². The average Bonchev–Trinajstić information content (AvgIpc) is 2.10. The lowest BCUT2D eigenvalue weighted by atomic mass is 10.1. The van der Waals surface area contributed by atoms with Crippen molar-refractivity contribution >= 4 is 11.9 Å². The molecule has 1 amide bonds. The van der Waals surface area contributed by atoms with Crippen LogP contribution >= 0.6 is 0 Å². The van der Waals surface area contributed by atoms with E-state index in [9.17, 15) is 22.8 Å². The molecule has 2 atom stereocenters. The minimum atomic E-state index is -4.83. The standard InChI is InChI=1S/C7H10F3NO4/c1-3(6(14)15)5(13)11-2-4(12)7(8,9)10/h3-4,12H,2H2,1H3,(H,11,13)(H,14,15). The van der Waals surface area contributed by atoms with Gasteiger partial charge in [-0.2, -0.15) is 13.2 Å². The molecule has 0 aromatic carbocycles. The Morgan fingerprint density at radius 3 is 2.20 bits per heavy atom. The number of carbonyl (C=O) groups excluding carboxylic acids is 1. The zero-order valence-electron chi connectivity index (χ0n) is 7.71. The van der Waals surface area contributed by atoms with E-state index in [4.69, 9.17) is 10.2 Å². The molecular weight excluding hydrogens is 219 g/mol. The molecule has 0 aromatic rings. The lowest BCUT2D eigenvalue weighted by Crippen LogP contribution is -2.43. The normalized spacial score (nSPS) is 15.5. The number of carbonyl (C=O) groups is 2. The number of aliphatic hydroxyl groups is 1. The molecule has 0 bridgehead atoms. The second-order valence-corrected chi connectivity index (χ2v) is 2.86. The Kier molecular flexibility index (Phi) is 4.53. The van der Waals surface area contributed by atoms with Crippen molar-refractivity contribution in [3.63, 3.8) is 0 Å². The number of hydrogen-bond donors (Lipinski definition) is 3. The van der Waals surface area contributed by atoms with Gasteiger partial charge in [-0.15, -0.1) is 0 Å². The summed E-state index contributed by atoms with van der Waals surface area (Å²) in [5.74, 6) is -3.98. The maximum Gasteiger partial charge on any atom is 0.416 e. The Labute approximate surface area is 82.9 Å². The summed E-state index contributed by atoms with van der Waals surface area (Å²) in [6, 6.07) is 0. The smallest absolute Gasteiger partial charge is 0.416 e. The minimum Gasteiger partial charge on any atom is -0.481 e. The molecule has 0 fully saturated rings. The summed E-state index contributed by atoms with van der Waals surface area (Å²) in [6.07, 6.45) is -7.53. The number of nitrogens with one attached hydrogen (secondary N) is 1. The van der Waals surface area contributed by atoms with E-state index in [0.29, 0.717) is 0 Å². The maximum absolute atomic E-state index is 11.7. The highest BCUT2D eigenvalue weighted by Crippen LogP contribution is 2.19. The highest BCUT2D eigenvalue weighted by Gasteiger charge is 2.38. The maximum atomic E-state index is 11.7. The molecular formula is C7H10F3NO4. The van der Waals surface area contributed by atoms with Gasteiger partial charge in [-0.25, -0.2) is 0 Å². The van der Waals surface area contributed by atoms with Crippen LogP contribution < -0.4 is 5.32 Å². The van der Waals surface area contributed by atoms with Crippen LogP contribution in [-0.2, 0) is 9.59 Å². The van der Waals surface area contributed by atoms with Gasteiger partial charge in [0, 0.05) is 0 Å². The summed E-state index contributed by atoms with van der Waals surface area (Å²) in [5.41, 5.74) is 0. The van der Waals surface area contributed by atoms with Crippen LogP contribution in [-0.4, -0.2) is 40.9 Å². The molecule has 0 heterocycles. The van der Waals surface area contributed by atoms with Gasteiger partial charge in [-0.1, -0.05) is 0 Å². The van der Waals surface area contributed by atoms with Crippen LogP contribution in [0.1, 0.15) is 6.92 Å². The van der Waals surface area contributed by atoms with Gasteiger partial charge in [0.15, 0.2) is 6.10 Å². The number of carboxylic acid groups (broad SMARTS) is 1. The zero-order chi connectivity index (χ0) is 12.2. The van der Waals surface area contributed by atoms with Crippen LogP contribution in [0.3, 0.4) is 0 Å². The summed E-state index contributed by atoms with van der Waals surface area (Å²) in [7, 11) is 0. The van der Waals surface area contributed by atoms with Crippen molar-refractivity contribution in [2.45, 2.75) is 19.2 Å². The molecule has 0 aliphatic rings. The summed E-state index contributed by atoms with van der Waals surface area (Å²) in [6.45, 7) is -0.0302. The van der Waals surface area contributed by atoms with Gasteiger partial charge in [0.05, 0.1) is 6.54 Å². The summed E-state index contributed by atoms with van der Waals surface area (Å²) >= 11 is 0. The number of carboxylic acids is 1. The van der Waals surface area contributed by atoms with Gasteiger partial charge in [0.25, 0.3) is 0 Å². The molecule has 0 aromatic heterocycles. The van der Waals surface area contributed by atoms with Crippen LogP contribution in [0.5, 0.6) is 0 Å². The number of alkyl halides is 3. The number of aliphatic hydroxyl groups excluding tert-OH is 1. The first-order valence-electron chi connectivity index (χ1n) is 3.91. The van der Waals surface area contributed by atoms with E-state index < -0.39 is 36.6 Å². The quantitative estimate of drug-likeness (QED) is 0.580. The minimum absolute atomic E-state index is 1.03. The van der Waals surface area contributed by atoms with Gasteiger partial charge in [-0.3, -0.25) is 9.59 Å². The Balaban J connectivity index is 4.07. The second-order valence-electron chi connectivity index (χ2n) is 2.86. The molecule has 2 unspecified atom stereocenters. The molecule has 8 heteroatoms. The van der Waals surface area contributed by atoms with Crippen molar-refractivity contribution in [2.75, 3.05) is 6.54 Å². The fourth-order valence-electron chi connectivity index (χ4n) is 0.578. The van der Waals surface area contributed by atoms with Gasteiger partial charge in [0.1, 0.15) is 5.92 Å². The number of rotatable bonds is 4. The van der Waals surface area contributed by atoms with E-state index in [1.807, 2.05) is 0 Å². The molecule has 0 spiro atoms. The molecule has 0 aliphatic carbocycles. The Bertz CT molecular complexity index is 253.